The van der Waals surface area contributed by atoms with Crippen molar-refractivity contribution in [1.29, 1.82) is 0 Å². The monoisotopic (exact) mass is 359 g/mol. The zero-order valence-electron chi connectivity index (χ0n) is 13.0. The summed E-state index contributed by atoms with van der Waals surface area (Å²) in [5.74, 6) is 0. The number of piperazine rings is 1. The summed E-state index contributed by atoms with van der Waals surface area (Å²) in [4.78, 5) is 19.4. The minimum Gasteiger partial charge on any atom is -0.450 e. The molecule has 0 spiro atoms. The number of carbonyl (C=O) groups excluding carboxylic acids is 1. The molecule has 1 aliphatic heterocycles. The van der Waals surface area contributed by atoms with Crippen LogP contribution >= 0.6 is 11.3 Å². The van der Waals surface area contributed by atoms with E-state index in [0.717, 1.165) is 6.07 Å². The van der Waals surface area contributed by atoms with Crippen molar-refractivity contribution in [1.82, 2.24) is 9.88 Å². The summed E-state index contributed by atoms with van der Waals surface area (Å²) in [6.45, 7) is 4.01. The van der Waals surface area contributed by atoms with Crippen LogP contribution in [0.2, 0.25) is 0 Å². The average molecular weight is 359 g/mol. The van der Waals surface area contributed by atoms with E-state index in [1.165, 1.54) is 17.4 Å². The first-order chi connectivity index (χ1) is 11.4. The molecule has 0 bridgehead atoms. The second-order valence-corrected chi connectivity index (χ2v) is 6.33. The van der Waals surface area contributed by atoms with Crippen molar-refractivity contribution < 1.29 is 22.7 Å². The molecule has 1 saturated heterocycles. The number of para-hydroxylation sites is 1. The van der Waals surface area contributed by atoms with Crippen LogP contribution in [0, 0.1) is 0 Å². The topological polar surface area (TPSA) is 45.7 Å². The predicted octanol–water partition coefficient (Wildman–Crippen LogP) is 3.59. The fourth-order valence-corrected chi connectivity index (χ4v) is 3.64. The van der Waals surface area contributed by atoms with E-state index in [0.29, 0.717) is 42.6 Å². The number of hydrogen-bond donors (Lipinski definition) is 0. The third-order valence-electron chi connectivity index (χ3n) is 3.79. The zero-order valence-corrected chi connectivity index (χ0v) is 13.8. The highest BCUT2D eigenvalue weighted by Crippen LogP contribution is 2.38. The SMILES string of the molecule is CCOC(=O)N1CCN(c2nc3c(C(F)(F)F)cccc3s2)CC1. The van der Waals surface area contributed by atoms with Crippen molar-refractivity contribution in [3.8, 4) is 0 Å². The Balaban J connectivity index is 1.78. The van der Waals surface area contributed by atoms with Gasteiger partial charge in [-0.25, -0.2) is 9.78 Å². The quantitative estimate of drug-likeness (QED) is 0.822. The maximum Gasteiger partial charge on any atom is 0.418 e. The summed E-state index contributed by atoms with van der Waals surface area (Å²) in [5.41, 5.74) is -0.731. The highest BCUT2D eigenvalue weighted by molar-refractivity contribution is 7.22. The lowest BCUT2D eigenvalue weighted by molar-refractivity contribution is -0.136. The van der Waals surface area contributed by atoms with Crippen LogP contribution in [0.5, 0.6) is 0 Å². The van der Waals surface area contributed by atoms with E-state index in [1.807, 2.05) is 4.90 Å². The van der Waals surface area contributed by atoms with Gasteiger partial charge < -0.3 is 14.5 Å². The zero-order chi connectivity index (χ0) is 17.3. The molecule has 1 aromatic heterocycles. The number of ether oxygens (including phenoxy) is 1. The van der Waals surface area contributed by atoms with Crippen molar-refractivity contribution in [2.45, 2.75) is 13.1 Å². The second-order valence-electron chi connectivity index (χ2n) is 5.32. The number of nitrogens with zero attached hydrogens (tertiary/aromatic N) is 3. The Morgan fingerprint density at radius 3 is 2.62 bits per heavy atom. The van der Waals surface area contributed by atoms with Crippen molar-refractivity contribution in [3.63, 3.8) is 0 Å². The van der Waals surface area contributed by atoms with Gasteiger partial charge in [0, 0.05) is 26.2 Å². The number of amides is 1. The summed E-state index contributed by atoms with van der Waals surface area (Å²) in [7, 11) is 0. The van der Waals surface area contributed by atoms with Crippen LogP contribution in [-0.4, -0.2) is 48.8 Å². The van der Waals surface area contributed by atoms with Crippen molar-refractivity contribution in [2.75, 3.05) is 37.7 Å². The molecule has 3 rings (SSSR count). The van der Waals surface area contributed by atoms with Gasteiger partial charge in [0.25, 0.3) is 0 Å². The number of thiazole rings is 1. The Kier molecular flexibility index (Phi) is 4.53. The van der Waals surface area contributed by atoms with Gasteiger partial charge in [-0.3, -0.25) is 0 Å². The van der Waals surface area contributed by atoms with E-state index in [2.05, 4.69) is 4.98 Å². The summed E-state index contributed by atoms with van der Waals surface area (Å²) in [6, 6.07) is 4.08. The molecule has 0 aliphatic carbocycles. The summed E-state index contributed by atoms with van der Waals surface area (Å²) < 4.78 is 44.7. The number of hydrogen-bond acceptors (Lipinski definition) is 5. The number of anilines is 1. The molecule has 130 valence electrons. The van der Waals surface area contributed by atoms with Gasteiger partial charge in [-0.15, -0.1) is 0 Å². The Morgan fingerprint density at radius 1 is 1.29 bits per heavy atom. The number of rotatable bonds is 2. The van der Waals surface area contributed by atoms with Gasteiger partial charge in [0.05, 0.1) is 22.4 Å². The lowest BCUT2D eigenvalue weighted by Crippen LogP contribution is -2.48. The van der Waals surface area contributed by atoms with Crippen LogP contribution in [0.25, 0.3) is 10.2 Å². The first-order valence-corrected chi connectivity index (χ1v) is 8.35. The van der Waals surface area contributed by atoms with Gasteiger partial charge >= 0.3 is 12.3 Å². The highest BCUT2D eigenvalue weighted by Gasteiger charge is 2.34. The van der Waals surface area contributed by atoms with Crippen molar-refractivity contribution in [2.24, 2.45) is 0 Å². The number of alkyl halides is 3. The van der Waals surface area contributed by atoms with Gasteiger partial charge in [-0.2, -0.15) is 13.2 Å². The van der Waals surface area contributed by atoms with Gasteiger partial charge in [0.1, 0.15) is 0 Å². The minimum absolute atomic E-state index is 0.0159. The molecule has 2 aromatic rings. The lowest BCUT2D eigenvalue weighted by Gasteiger charge is -2.33. The van der Waals surface area contributed by atoms with Gasteiger partial charge in [-0.05, 0) is 19.1 Å². The predicted molar refractivity (Wildman–Crippen MR) is 85.4 cm³/mol. The van der Waals surface area contributed by atoms with Gasteiger partial charge in [0.2, 0.25) is 0 Å². The fourth-order valence-electron chi connectivity index (χ4n) is 2.60. The molecule has 0 N–H and O–H groups in total. The van der Waals surface area contributed by atoms with Crippen LogP contribution in [0.15, 0.2) is 18.2 Å². The third kappa shape index (κ3) is 3.26. The summed E-state index contributed by atoms with van der Waals surface area (Å²) in [6.07, 6.45) is -4.78. The number of halogens is 3. The van der Waals surface area contributed by atoms with E-state index in [4.69, 9.17) is 4.74 Å². The van der Waals surface area contributed by atoms with Gasteiger partial charge in [-0.1, -0.05) is 17.4 Å². The number of carbonyl (C=O) groups is 1. The van der Waals surface area contributed by atoms with E-state index in [-0.39, 0.29) is 11.6 Å². The number of benzene rings is 1. The normalized spacial score (nSPS) is 15.8. The maximum atomic E-state index is 13.1. The number of aromatic nitrogens is 1. The molecule has 0 radical (unpaired) electrons. The van der Waals surface area contributed by atoms with Crippen LogP contribution in [0.3, 0.4) is 0 Å². The van der Waals surface area contributed by atoms with Crippen molar-refractivity contribution >= 4 is 32.8 Å². The number of fused-ring (bicyclic) bond motifs is 1. The molecule has 0 atom stereocenters. The Labute approximate surface area is 140 Å². The fraction of sp³-hybridized carbons (Fsp3) is 0.467. The molecular formula is C15H16F3N3O2S. The lowest BCUT2D eigenvalue weighted by atomic mass is 10.2. The minimum atomic E-state index is -4.42. The highest BCUT2D eigenvalue weighted by atomic mass is 32.1. The van der Waals surface area contributed by atoms with Crippen molar-refractivity contribution in [3.05, 3.63) is 23.8 Å². The molecule has 1 aromatic carbocycles. The third-order valence-corrected chi connectivity index (χ3v) is 4.87. The maximum absolute atomic E-state index is 13.1. The van der Waals surface area contributed by atoms with E-state index < -0.39 is 11.7 Å². The first kappa shape index (κ1) is 16.8. The molecule has 9 heteroatoms. The van der Waals surface area contributed by atoms with Crippen LogP contribution in [0.4, 0.5) is 23.1 Å². The molecule has 1 fully saturated rings. The smallest absolute Gasteiger partial charge is 0.418 e. The Hall–Kier alpha value is -2.03. The molecule has 2 heterocycles. The molecular weight excluding hydrogens is 343 g/mol. The molecule has 5 nitrogen and oxygen atoms in total. The first-order valence-electron chi connectivity index (χ1n) is 7.53. The van der Waals surface area contributed by atoms with Gasteiger partial charge in [0.15, 0.2) is 5.13 Å². The summed E-state index contributed by atoms with van der Waals surface area (Å²) in [5, 5.41) is 0.546. The Bertz CT molecular complexity index is 739. The average Bonchev–Trinajstić information content (AvgIpc) is 2.98. The van der Waals surface area contributed by atoms with E-state index in [1.54, 1.807) is 17.9 Å². The second kappa shape index (κ2) is 6.46. The van der Waals surface area contributed by atoms with E-state index in [9.17, 15) is 18.0 Å². The van der Waals surface area contributed by atoms with Crippen LogP contribution in [0.1, 0.15) is 12.5 Å². The molecule has 0 saturated carbocycles. The standard InChI is InChI=1S/C15H16F3N3O2S/c1-2-23-14(22)21-8-6-20(7-9-21)13-19-12-10(15(16,17)18)4-3-5-11(12)24-13/h3-5H,2,6-9H2,1H3. The van der Waals surface area contributed by atoms with Crippen LogP contribution in [-0.2, 0) is 10.9 Å². The molecule has 0 unspecified atom stereocenters. The molecule has 24 heavy (non-hydrogen) atoms. The largest absolute Gasteiger partial charge is 0.450 e. The Morgan fingerprint density at radius 2 is 2.00 bits per heavy atom. The summed E-state index contributed by atoms with van der Waals surface area (Å²) >= 11 is 1.23. The molecule has 1 aliphatic rings. The van der Waals surface area contributed by atoms with Crippen LogP contribution < -0.4 is 4.90 Å². The molecule has 1 amide bonds. The van der Waals surface area contributed by atoms with E-state index >= 15 is 0 Å².